The van der Waals surface area contributed by atoms with Gasteiger partial charge in [0.25, 0.3) is 0 Å². The Labute approximate surface area is 118 Å². The van der Waals surface area contributed by atoms with Gasteiger partial charge in [-0.1, -0.05) is 29.3 Å². The fourth-order valence-corrected chi connectivity index (χ4v) is 3.68. The number of nitrogens with one attached hydrogen (secondary N) is 1. The van der Waals surface area contributed by atoms with E-state index in [1.807, 2.05) is 18.2 Å². The Balaban J connectivity index is 1.69. The first-order valence-electron chi connectivity index (χ1n) is 6.60. The molecular weight excluding hydrogens is 267 g/mol. The molecule has 0 radical (unpaired) electrons. The second kappa shape index (κ2) is 5.38. The second-order valence-electron chi connectivity index (χ2n) is 5.40. The average molecular weight is 285 g/mol. The van der Waals surface area contributed by atoms with Gasteiger partial charge in [0.05, 0.1) is 0 Å². The van der Waals surface area contributed by atoms with E-state index in [4.69, 9.17) is 23.2 Å². The van der Waals surface area contributed by atoms with Crippen LogP contribution in [0.3, 0.4) is 0 Å². The predicted molar refractivity (Wildman–Crippen MR) is 76.2 cm³/mol. The number of benzene rings is 1. The second-order valence-corrected chi connectivity index (χ2v) is 6.22. The Hall–Kier alpha value is -0.280. The number of hydrogen-bond donors (Lipinski definition) is 1. The smallest absolute Gasteiger partial charge is 0.0465 e. The SMILES string of the molecule is Clc1cccc(Cl)c1CN1CCC2CNCC2C1. The summed E-state index contributed by atoms with van der Waals surface area (Å²) in [5, 5.41) is 5.07. The van der Waals surface area contributed by atoms with E-state index < -0.39 is 0 Å². The summed E-state index contributed by atoms with van der Waals surface area (Å²) in [4.78, 5) is 2.49. The molecule has 2 unspecified atom stereocenters. The minimum Gasteiger partial charge on any atom is -0.316 e. The summed E-state index contributed by atoms with van der Waals surface area (Å²) in [5.41, 5.74) is 1.07. The van der Waals surface area contributed by atoms with Crippen LogP contribution in [0.4, 0.5) is 0 Å². The molecule has 98 valence electrons. The molecule has 0 bridgehead atoms. The molecule has 0 saturated carbocycles. The molecule has 0 aliphatic carbocycles. The van der Waals surface area contributed by atoms with E-state index in [9.17, 15) is 0 Å². The van der Waals surface area contributed by atoms with Crippen molar-refractivity contribution in [3.8, 4) is 0 Å². The van der Waals surface area contributed by atoms with Crippen molar-refractivity contribution < 1.29 is 0 Å². The van der Waals surface area contributed by atoms with E-state index in [-0.39, 0.29) is 0 Å². The molecule has 2 aliphatic rings. The Morgan fingerprint density at radius 3 is 2.67 bits per heavy atom. The van der Waals surface area contributed by atoms with Crippen LogP contribution in [0.5, 0.6) is 0 Å². The van der Waals surface area contributed by atoms with Crippen LogP contribution < -0.4 is 5.32 Å². The molecule has 1 aromatic carbocycles. The van der Waals surface area contributed by atoms with E-state index in [0.29, 0.717) is 0 Å². The fraction of sp³-hybridized carbons (Fsp3) is 0.571. The normalized spacial score (nSPS) is 28.3. The van der Waals surface area contributed by atoms with Crippen molar-refractivity contribution in [1.29, 1.82) is 0 Å². The van der Waals surface area contributed by atoms with Gasteiger partial charge in [-0.3, -0.25) is 4.90 Å². The molecule has 3 rings (SSSR count). The lowest BCUT2D eigenvalue weighted by molar-refractivity contribution is 0.142. The number of likely N-dealkylation sites (tertiary alicyclic amines) is 1. The summed E-state index contributed by atoms with van der Waals surface area (Å²) in [5.74, 6) is 1.68. The van der Waals surface area contributed by atoms with Gasteiger partial charge in [0, 0.05) is 28.7 Å². The first-order chi connectivity index (χ1) is 8.74. The number of nitrogens with zero attached hydrogens (tertiary/aromatic N) is 1. The fourth-order valence-electron chi connectivity index (χ4n) is 3.16. The lowest BCUT2D eigenvalue weighted by atomic mass is 9.88. The van der Waals surface area contributed by atoms with Crippen LogP contribution in [0, 0.1) is 11.8 Å². The van der Waals surface area contributed by atoms with Gasteiger partial charge in [-0.15, -0.1) is 0 Å². The van der Waals surface area contributed by atoms with Crippen molar-refractivity contribution in [2.24, 2.45) is 11.8 Å². The van der Waals surface area contributed by atoms with Crippen molar-refractivity contribution in [2.45, 2.75) is 13.0 Å². The molecule has 4 heteroatoms. The van der Waals surface area contributed by atoms with Crippen LogP contribution >= 0.6 is 23.2 Å². The van der Waals surface area contributed by atoms with E-state index in [2.05, 4.69) is 10.2 Å². The van der Waals surface area contributed by atoms with Gasteiger partial charge >= 0.3 is 0 Å². The van der Waals surface area contributed by atoms with E-state index in [1.54, 1.807) is 0 Å². The minimum absolute atomic E-state index is 0.786. The summed E-state index contributed by atoms with van der Waals surface area (Å²) >= 11 is 12.5. The molecule has 0 aromatic heterocycles. The molecule has 0 spiro atoms. The molecule has 2 aliphatic heterocycles. The van der Waals surface area contributed by atoms with E-state index in [1.165, 1.54) is 19.5 Å². The maximum atomic E-state index is 6.24. The van der Waals surface area contributed by atoms with Crippen LogP contribution in [-0.4, -0.2) is 31.1 Å². The number of rotatable bonds is 2. The Bertz CT molecular complexity index is 416. The molecule has 2 heterocycles. The summed E-state index contributed by atoms with van der Waals surface area (Å²) in [6, 6.07) is 5.75. The lowest BCUT2D eigenvalue weighted by Crippen LogP contribution is -2.39. The minimum atomic E-state index is 0.786. The van der Waals surface area contributed by atoms with Crippen LogP contribution in [0.2, 0.25) is 10.0 Å². The van der Waals surface area contributed by atoms with Gasteiger partial charge in [0.1, 0.15) is 0 Å². The Morgan fingerprint density at radius 1 is 1.17 bits per heavy atom. The molecule has 2 fully saturated rings. The van der Waals surface area contributed by atoms with E-state index in [0.717, 1.165) is 47.1 Å². The summed E-state index contributed by atoms with van der Waals surface area (Å²) in [6.07, 6.45) is 1.29. The number of piperidine rings is 1. The zero-order valence-corrected chi connectivity index (χ0v) is 11.8. The molecule has 1 aromatic rings. The molecule has 2 nitrogen and oxygen atoms in total. The van der Waals surface area contributed by atoms with Gasteiger partial charge in [0.15, 0.2) is 0 Å². The number of fused-ring (bicyclic) bond motifs is 1. The zero-order valence-electron chi connectivity index (χ0n) is 10.3. The van der Waals surface area contributed by atoms with Crippen molar-refractivity contribution in [2.75, 3.05) is 26.2 Å². The highest BCUT2D eigenvalue weighted by Crippen LogP contribution is 2.30. The first kappa shape index (κ1) is 12.7. The largest absolute Gasteiger partial charge is 0.316 e. The van der Waals surface area contributed by atoms with Gasteiger partial charge < -0.3 is 5.32 Å². The number of halogens is 2. The molecule has 2 atom stereocenters. The third kappa shape index (κ3) is 2.53. The highest BCUT2D eigenvalue weighted by Gasteiger charge is 2.32. The lowest BCUT2D eigenvalue weighted by Gasteiger charge is -2.34. The average Bonchev–Trinajstić information content (AvgIpc) is 2.81. The Morgan fingerprint density at radius 2 is 1.89 bits per heavy atom. The maximum absolute atomic E-state index is 6.24. The summed E-state index contributed by atoms with van der Waals surface area (Å²) < 4.78 is 0. The Kier molecular flexibility index (Phi) is 3.81. The molecule has 18 heavy (non-hydrogen) atoms. The predicted octanol–water partition coefficient (Wildman–Crippen LogP) is 3.03. The van der Waals surface area contributed by atoms with Crippen LogP contribution in [-0.2, 0) is 6.54 Å². The molecule has 2 saturated heterocycles. The van der Waals surface area contributed by atoms with Gasteiger partial charge in [-0.25, -0.2) is 0 Å². The molecule has 0 amide bonds. The van der Waals surface area contributed by atoms with Crippen molar-refractivity contribution in [3.05, 3.63) is 33.8 Å². The summed E-state index contributed by atoms with van der Waals surface area (Å²) in [6.45, 7) is 5.56. The zero-order chi connectivity index (χ0) is 12.5. The van der Waals surface area contributed by atoms with Crippen molar-refractivity contribution >= 4 is 23.2 Å². The van der Waals surface area contributed by atoms with E-state index >= 15 is 0 Å². The van der Waals surface area contributed by atoms with Gasteiger partial charge in [0.2, 0.25) is 0 Å². The summed E-state index contributed by atoms with van der Waals surface area (Å²) in [7, 11) is 0. The first-order valence-corrected chi connectivity index (χ1v) is 7.35. The van der Waals surface area contributed by atoms with Crippen LogP contribution in [0.15, 0.2) is 18.2 Å². The third-order valence-corrected chi connectivity index (χ3v) is 4.94. The van der Waals surface area contributed by atoms with Crippen molar-refractivity contribution in [3.63, 3.8) is 0 Å². The standard InChI is InChI=1S/C14H18Cl2N2/c15-13-2-1-3-14(16)12(13)9-18-5-4-10-6-17-7-11(10)8-18/h1-3,10-11,17H,4-9H2. The monoisotopic (exact) mass is 284 g/mol. The third-order valence-electron chi connectivity index (χ3n) is 4.23. The quantitative estimate of drug-likeness (QED) is 0.898. The molecule has 1 N–H and O–H groups in total. The highest BCUT2D eigenvalue weighted by molar-refractivity contribution is 6.35. The molecular formula is C14H18Cl2N2. The van der Waals surface area contributed by atoms with Gasteiger partial charge in [-0.2, -0.15) is 0 Å². The maximum Gasteiger partial charge on any atom is 0.0465 e. The highest BCUT2D eigenvalue weighted by atomic mass is 35.5. The van der Waals surface area contributed by atoms with Gasteiger partial charge in [-0.05, 0) is 50.0 Å². The van der Waals surface area contributed by atoms with Crippen molar-refractivity contribution in [1.82, 2.24) is 10.2 Å². The number of hydrogen-bond acceptors (Lipinski definition) is 2. The van der Waals surface area contributed by atoms with Crippen LogP contribution in [0.1, 0.15) is 12.0 Å². The van der Waals surface area contributed by atoms with Crippen LogP contribution in [0.25, 0.3) is 0 Å². The topological polar surface area (TPSA) is 15.3 Å².